The van der Waals surface area contributed by atoms with E-state index in [0.29, 0.717) is 0 Å². The molecule has 3 atom stereocenters. The summed E-state index contributed by atoms with van der Waals surface area (Å²) in [5, 5.41) is 3.62. The fourth-order valence-corrected chi connectivity index (χ4v) is 3.37. The third-order valence-corrected chi connectivity index (χ3v) is 4.60. The Bertz CT molecular complexity index is 372. The van der Waals surface area contributed by atoms with E-state index in [1.165, 1.54) is 38.1 Å². The quantitative estimate of drug-likeness (QED) is 0.800. The first-order valence-electron chi connectivity index (χ1n) is 7.87. The van der Waals surface area contributed by atoms with E-state index in [9.17, 15) is 0 Å². The van der Waals surface area contributed by atoms with E-state index < -0.39 is 0 Å². The molecule has 1 saturated carbocycles. The molecule has 0 aromatic carbocycles. The van der Waals surface area contributed by atoms with Crippen molar-refractivity contribution in [3.63, 3.8) is 0 Å². The van der Waals surface area contributed by atoms with Crippen LogP contribution in [0.3, 0.4) is 0 Å². The maximum atomic E-state index is 4.51. The average Bonchev–Trinajstić information content (AvgIpc) is 2.78. The molecule has 3 unspecified atom stereocenters. The van der Waals surface area contributed by atoms with Crippen LogP contribution in [0.25, 0.3) is 0 Å². The van der Waals surface area contributed by atoms with Gasteiger partial charge in [-0.25, -0.2) is 4.98 Å². The zero-order chi connectivity index (χ0) is 13.7. The minimum absolute atomic E-state index is 0.800. The summed E-state index contributed by atoms with van der Waals surface area (Å²) in [5.41, 5.74) is 0. The molecule has 1 aromatic rings. The Morgan fingerprint density at radius 3 is 2.89 bits per heavy atom. The van der Waals surface area contributed by atoms with E-state index in [1.54, 1.807) is 0 Å². The van der Waals surface area contributed by atoms with Crippen LogP contribution in [0.4, 0.5) is 0 Å². The molecule has 1 aliphatic carbocycles. The SMILES string of the molecule is CCCNCC1CCC(C)CC1Cc1nccn1C. The molecule has 2 rings (SSSR count). The van der Waals surface area contributed by atoms with Crippen molar-refractivity contribution in [2.24, 2.45) is 24.8 Å². The highest BCUT2D eigenvalue weighted by atomic mass is 15.0. The molecule has 1 aromatic heterocycles. The lowest BCUT2D eigenvalue weighted by atomic mass is 9.73. The van der Waals surface area contributed by atoms with Crippen molar-refractivity contribution in [1.29, 1.82) is 0 Å². The number of aryl methyl sites for hydroxylation is 1. The van der Waals surface area contributed by atoms with E-state index in [1.807, 2.05) is 6.20 Å². The number of hydrogen-bond acceptors (Lipinski definition) is 2. The van der Waals surface area contributed by atoms with Gasteiger partial charge in [0.15, 0.2) is 0 Å². The Morgan fingerprint density at radius 1 is 1.37 bits per heavy atom. The van der Waals surface area contributed by atoms with Gasteiger partial charge in [-0.1, -0.05) is 20.3 Å². The number of rotatable bonds is 6. The number of imidazole rings is 1. The van der Waals surface area contributed by atoms with Crippen molar-refractivity contribution < 1.29 is 0 Å². The summed E-state index contributed by atoms with van der Waals surface area (Å²) in [4.78, 5) is 4.51. The minimum Gasteiger partial charge on any atom is -0.338 e. The fraction of sp³-hybridized carbons (Fsp3) is 0.812. The Labute approximate surface area is 117 Å². The van der Waals surface area contributed by atoms with Gasteiger partial charge in [0.2, 0.25) is 0 Å². The van der Waals surface area contributed by atoms with Crippen LogP contribution in [0.15, 0.2) is 12.4 Å². The first-order valence-corrected chi connectivity index (χ1v) is 7.87. The molecule has 1 heterocycles. The van der Waals surface area contributed by atoms with Gasteiger partial charge in [-0.15, -0.1) is 0 Å². The summed E-state index contributed by atoms with van der Waals surface area (Å²) in [5.74, 6) is 3.76. The molecule has 19 heavy (non-hydrogen) atoms. The van der Waals surface area contributed by atoms with Gasteiger partial charge >= 0.3 is 0 Å². The summed E-state index contributed by atoms with van der Waals surface area (Å²) in [6, 6.07) is 0. The first kappa shape index (κ1) is 14.6. The van der Waals surface area contributed by atoms with Crippen LogP contribution in [-0.2, 0) is 13.5 Å². The number of nitrogens with one attached hydrogen (secondary N) is 1. The Morgan fingerprint density at radius 2 is 2.21 bits per heavy atom. The average molecular weight is 263 g/mol. The van der Waals surface area contributed by atoms with Crippen LogP contribution in [0.5, 0.6) is 0 Å². The van der Waals surface area contributed by atoms with E-state index in [0.717, 1.165) is 30.7 Å². The summed E-state index contributed by atoms with van der Waals surface area (Å²) in [6.07, 6.45) is 10.5. The molecular formula is C16H29N3. The van der Waals surface area contributed by atoms with E-state index in [2.05, 4.69) is 42.0 Å². The highest BCUT2D eigenvalue weighted by molar-refractivity contribution is 4.95. The van der Waals surface area contributed by atoms with Gasteiger partial charge in [-0.3, -0.25) is 0 Å². The minimum atomic E-state index is 0.800. The molecule has 3 heteroatoms. The molecular weight excluding hydrogens is 234 g/mol. The maximum absolute atomic E-state index is 4.51. The van der Waals surface area contributed by atoms with Gasteiger partial charge in [0.1, 0.15) is 5.82 Å². The van der Waals surface area contributed by atoms with Crippen LogP contribution in [0, 0.1) is 17.8 Å². The smallest absolute Gasteiger partial charge is 0.108 e. The summed E-state index contributed by atoms with van der Waals surface area (Å²) in [7, 11) is 2.11. The zero-order valence-electron chi connectivity index (χ0n) is 12.7. The van der Waals surface area contributed by atoms with Crippen molar-refractivity contribution >= 4 is 0 Å². The molecule has 0 spiro atoms. The van der Waals surface area contributed by atoms with Crippen molar-refractivity contribution in [2.75, 3.05) is 13.1 Å². The highest BCUT2D eigenvalue weighted by Gasteiger charge is 2.29. The maximum Gasteiger partial charge on any atom is 0.108 e. The molecule has 0 amide bonds. The normalized spacial score (nSPS) is 27.6. The Hall–Kier alpha value is -0.830. The van der Waals surface area contributed by atoms with E-state index >= 15 is 0 Å². The van der Waals surface area contributed by atoms with Gasteiger partial charge in [-0.05, 0) is 50.1 Å². The molecule has 108 valence electrons. The van der Waals surface area contributed by atoms with Gasteiger partial charge < -0.3 is 9.88 Å². The van der Waals surface area contributed by atoms with E-state index in [-0.39, 0.29) is 0 Å². The van der Waals surface area contributed by atoms with Gasteiger partial charge in [0.05, 0.1) is 0 Å². The predicted molar refractivity (Wildman–Crippen MR) is 80.1 cm³/mol. The lowest BCUT2D eigenvalue weighted by Crippen LogP contribution is -2.34. The summed E-state index contributed by atoms with van der Waals surface area (Å²) >= 11 is 0. The predicted octanol–water partition coefficient (Wildman–Crippen LogP) is 3.01. The molecule has 0 bridgehead atoms. The third-order valence-electron chi connectivity index (χ3n) is 4.60. The van der Waals surface area contributed by atoms with Crippen molar-refractivity contribution in [3.8, 4) is 0 Å². The summed E-state index contributed by atoms with van der Waals surface area (Å²) in [6.45, 7) is 6.99. The number of nitrogens with zero attached hydrogens (tertiary/aromatic N) is 2. The highest BCUT2D eigenvalue weighted by Crippen LogP contribution is 2.35. The van der Waals surface area contributed by atoms with Gasteiger partial charge in [-0.2, -0.15) is 0 Å². The largest absolute Gasteiger partial charge is 0.338 e. The molecule has 0 aliphatic heterocycles. The third kappa shape index (κ3) is 4.07. The Kier molecular flexibility index (Phi) is 5.44. The molecule has 1 N–H and O–H groups in total. The molecule has 1 aliphatic rings. The number of hydrogen-bond donors (Lipinski definition) is 1. The van der Waals surface area contributed by atoms with Crippen LogP contribution in [-0.4, -0.2) is 22.6 Å². The second kappa shape index (κ2) is 7.09. The second-order valence-electron chi connectivity index (χ2n) is 6.30. The van der Waals surface area contributed by atoms with E-state index in [4.69, 9.17) is 0 Å². The van der Waals surface area contributed by atoms with Crippen molar-refractivity contribution in [2.45, 2.75) is 46.0 Å². The van der Waals surface area contributed by atoms with Crippen LogP contribution >= 0.6 is 0 Å². The van der Waals surface area contributed by atoms with Crippen LogP contribution in [0.2, 0.25) is 0 Å². The number of aromatic nitrogens is 2. The van der Waals surface area contributed by atoms with Crippen LogP contribution < -0.4 is 5.32 Å². The zero-order valence-corrected chi connectivity index (χ0v) is 12.7. The molecule has 0 saturated heterocycles. The van der Waals surface area contributed by atoms with Crippen molar-refractivity contribution in [3.05, 3.63) is 18.2 Å². The fourth-order valence-electron chi connectivity index (χ4n) is 3.37. The topological polar surface area (TPSA) is 29.9 Å². The molecule has 3 nitrogen and oxygen atoms in total. The van der Waals surface area contributed by atoms with Gasteiger partial charge in [0, 0.05) is 25.9 Å². The second-order valence-corrected chi connectivity index (χ2v) is 6.30. The monoisotopic (exact) mass is 263 g/mol. The molecule has 0 radical (unpaired) electrons. The standard InChI is InChI=1S/C16H29N3/c1-4-7-17-12-14-6-5-13(2)10-15(14)11-16-18-8-9-19(16)3/h8-9,13-15,17H,4-7,10-12H2,1-3H3. The lowest BCUT2D eigenvalue weighted by molar-refractivity contribution is 0.181. The molecule has 1 fully saturated rings. The van der Waals surface area contributed by atoms with Gasteiger partial charge in [0.25, 0.3) is 0 Å². The summed E-state index contributed by atoms with van der Waals surface area (Å²) < 4.78 is 2.18. The Balaban J connectivity index is 1.94. The van der Waals surface area contributed by atoms with Crippen molar-refractivity contribution in [1.82, 2.24) is 14.9 Å². The van der Waals surface area contributed by atoms with Crippen LogP contribution in [0.1, 0.15) is 45.4 Å². The lowest BCUT2D eigenvalue weighted by Gasteiger charge is -2.35. The first-order chi connectivity index (χ1) is 9.20.